The second-order valence-electron chi connectivity index (χ2n) is 4.73. The molecule has 0 aromatic heterocycles. The van der Waals surface area contributed by atoms with Crippen molar-refractivity contribution < 1.29 is 0 Å². The van der Waals surface area contributed by atoms with Crippen LogP contribution in [0.15, 0.2) is 12.2 Å². The number of rotatable bonds is 9. The average molecular weight is 211 g/mol. The van der Waals surface area contributed by atoms with E-state index in [1.165, 1.54) is 37.7 Å². The molecule has 0 aliphatic heterocycles. The monoisotopic (exact) mass is 211 g/mol. The number of hydrogen-bond donors (Lipinski definition) is 1. The largest absolute Gasteiger partial charge is 0.317 e. The summed E-state index contributed by atoms with van der Waals surface area (Å²) in [6.07, 6.45) is 7.73. The number of nitrogens with one attached hydrogen (secondary N) is 1. The summed E-state index contributed by atoms with van der Waals surface area (Å²) in [5, 5.41) is 3.49. The van der Waals surface area contributed by atoms with Gasteiger partial charge in [0.1, 0.15) is 0 Å². The lowest BCUT2D eigenvalue weighted by molar-refractivity contribution is 0.310. The van der Waals surface area contributed by atoms with E-state index in [4.69, 9.17) is 0 Å². The van der Waals surface area contributed by atoms with Crippen molar-refractivity contribution in [2.75, 3.05) is 7.05 Å². The Hall–Kier alpha value is -0.300. The van der Waals surface area contributed by atoms with Crippen molar-refractivity contribution in [2.24, 2.45) is 5.92 Å². The van der Waals surface area contributed by atoms with Gasteiger partial charge >= 0.3 is 0 Å². The summed E-state index contributed by atoms with van der Waals surface area (Å²) in [4.78, 5) is 0. The Kier molecular flexibility index (Phi) is 8.79. The Morgan fingerprint density at radius 2 is 1.67 bits per heavy atom. The van der Waals surface area contributed by atoms with Crippen molar-refractivity contribution in [3.8, 4) is 0 Å². The van der Waals surface area contributed by atoms with Crippen LogP contribution in [-0.4, -0.2) is 13.1 Å². The lowest BCUT2D eigenvalue weighted by Crippen LogP contribution is -2.33. The van der Waals surface area contributed by atoms with Gasteiger partial charge in [-0.1, -0.05) is 32.3 Å². The van der Waals surface area contributed by atoms with Crippen LogP contribution in [0.3, 0.4) is 0 Å². The quantitative estimate of drug-likeness (QED) is 0.565. The maximum atomic E-state index is 3.98. The van der Waals surface area contributed by atoms with E-state index in [0.29, 0.717) is 6.04 Å². The Morgan fingerprint density at radius 3 is 2.00 bits per heavy atom. The van der Waals surface area contributed by atoms with Gasteiger partial charge in [0.2, 0.25) is 0 Å². The van der Waals surface area contributed by atoms with Gasteiger partial charge in [0, 0.05) is 6.04 Å². The van der Waals surface area contributed by atoms with Crippen LogP contribution < -0.4 is 5.32 Å². The van der Waals surface area contributed by atoms with E-state index in [-0.39, 0.29) is 0 Å². The van der Waals surface area contributed by atoms with Crippen molar-refractivity contribution in [1.29, 1.82) is 0 Å². The van der Waals surface area contributed by atoms with E-state index < -0.39 is 0 Å². The molecule has 0 aliphatic rings. The molecule has 0 aromatic rings. The molecule has 90 valence electrons. The molecule has 0 aliphatic carbocycles. The third kappa shape index (κ3) is 6.72. The second-order valence-corrected chi connectivity index (χ2v) is 4.73. The molecule has 0 radical (unpaired) electrons. The molecule has 0 spiro atoms. The summed E-state index contributed by atoms with van der Waals surface area (Å²) in [7, 11) is 2.10. The number of hydrogen-bond acceptors (Lipinski definition) is 1. The summed E-state index contributed by atoms with van der Waals surface area (Å²) in [6.45, 7) is 10.7. The topological polar surface area (TPSA) is 12.0 Å². The highest BCUT2D eigenvalue weighted by Gasteiger charge is 2.17. The fourth-order valence-electron chi connectivity index (χ4n) is 2.31. The summed E-state index contributed by atoms with van der Waals surface area (Å²) in [5.74, 6) is 0.851. The van der Waals surface area contributed by atoms with Gasteiger partial charge in [-0.2, -0.15) is 0 Å². The predicted octanol–water partition coefficient (Wildman–Crippen LogP) is 4.15. The zero-order chi connectivity index (χ0) is 11.7. The lowest BCUT2D eigenvalue weighted by Gasteiger charge is -2.26. The maximum Gasteiger partial charge on any atom is 0.00953 e. The van der Waals surface area contributed by atoms with Crippen LogP contribution in [0.2, 0.25) is 0 Å². The second kappa shape index (κ2) is 8.96. The molecule has 0 heterocycles. The van der Waals surface area contributed by atoms with Gasteiger partial charge < -0.3 is 5.32 Å². The normalized spacial score (nSPS) is 13.1. The smallest absolute Gasteiger partial charge is 0.00953 e. The van der Waals surface area contributed by atoms with E-state index in [1.807, 2.05) is 0 Å². The van der Waals surface area contributed by atoms with Crippen LogP contribution in [0.25, 0.3) is 0 Å². The molecule has 0 aromatic carbocycles. The molecule has 0 amide bonds. The van der Waals surface area contributed by atoms with Crippen molar-refractivity contribution in [1.82, 2.24) is 5.32 Å². The van der Waals surface area contributed by atoms with Gasteiger partial charge in [0.15, 0.2) is 0 Å². The zero-order valence-electron chi connectivity index (χ0n) is 11.1. The molecule has 0 bridgehead atoms. The van der Waals surface area contributed by atoms with Gasteiger partial charge in [0.25, 0.3) is 0 Å². The highest BCUT2D eigenvalue weighted by molar-refractivity contribution is 4.90. The van der Waals surface area contributed by atoms with E-state index in [9.17, 15) is 0 Å². The third-order valence-corrected chi connectivity index (χ3v) is 3.14. The van der Waals surface area contributed by atoms with Crippen LogP contribution in [0.4, 0.5) is 0 Å². The molecule has 0 saturated heterocycles. The van der Waals surface area contributed by atoms with Gasteiger partial charge in [0.05, 0.1) is 0 Å². The fraction of sp³-hybridized carbons (Fsp3) is 0.857. The first-order chi connectivity index (χ1) is 7.15. The minimum absolute atomic E-state index is 0.682. The molecule has 0 fully saturated rings. The molecule has 1 heteroatoms. The lowest BCUT2D eigenvalue weighted by atomic mass is 9.87. The van der Waals surface area contributed by atoms with Crippen LogP contribution in [0, 0.1) is 5.92 Å². The summed E-state index contributed by atoms with van der Waals surface area (Å²) in [6, 6.07) is 0.682. The van der Waals surface area contributed by atoms with Crippen molar-refractivity contribution in [3.63, 3.8) is 0 Å². The molecule has 15 heavy (non-hydrogen) atoms. The maximum absolute atomic E-state index is 3.98. The molecule has 1 atom stereocenters. The van der Waals surface area contributed by atoms with Crippen molar-refractivity contribution in [2.45, 2.75) is 65.3 Å². The summed E-state index contributed by atoms with van der Waals surface area (Å²) < 4.78 is 0. The summed E-state index contributed by atoms with van der Waals surface area (Å²) in [5.41, 5.74) is 1.31. The minimum Gasteiger partial charge on any atom is -0.317 e. The first kappa shape index (κ1) is 14.7. The average Bonchev–Trinajstić information content (AvgIpc) is 2.19. The van der Waals surface area contributed by atoms with E-state index in [1.54, 1.807) is 0 Å². The first-order valence-electron chi connectivity index (χ1n) is 6.47. The molecule has 1 N–H and O–H groups in total. The van der Waals surface area contributed by atoms with E-state index >= 15 is 0 Å². The molecule has 0 rings (SSSR count). The molecular weight excluding hydrogens is 182 g/mol. The predicted molar refractivity (Wildman–Crippen MR) is 70.2 cm³/mol. The SMILES string of the molecule is C=C(C)CCC(NC)C(CCC)CCC. The van der Waals surface area contributed by atoms with Crippen LogP contribution >= 0.6 is 0 Å². The molecule has 1 unspecified atom stereocenters. The van der Waals surface area contributed by atoms with Crippen molar-refractivity contribution >= 4 is 0 Å². The van der Waals surface area contributed by atoms with Gasteiger partial charge in [-0.3, -0.25) is 0 Å². The van der Waals surface area contributed by atoms with Crippen LogP contribution in [0.1, 0.15) is 59.3 Å². The van der Waals surface area contributed by atoms with Crippen LogP contribution in [0.5, 0.6) is 0 Å². The van der Waals surface area contributed by atoms with Crippen LogP contribution in [-0.2, 0) is 0 Å². The zero-order valence-corrected chi connectivity index (χ0v) is 11.1. The van der Waals surface area contributed by atoms with Crippen molar-refractivity contribution in [3.05, 3.63) is 12.2 Å². The fourth-order valence-corrected chi connectivity index (χ4v) is 2.31. The Morgan fingerprint density at radius 1 is 1.13 bits per heavy atom. The Bertz CT molecular complexity index is 157. The number of allylic oxidation sites excluding steroid dienone is 1. The molecule has 0 saturated carbocycles. The first-order valence-corrected chi connectivity index (χ1v) is 6.47. The van der Waals surface area contributed by atoms with Gasteiger partial charge in [-0.05, 0) is 45.6 Å². The minimum atomic E-state index is 0.682. The van der Waals surface area contributed by atoms with Gasteiger partial charge in [-0.15, -0.1) is 6.58 Å². The third-order valence-electron chi connectivity index (χ3n) is 3.14. The van der Waals surface area contributed by atoms with E-state index in [0.717, 1.165) is 12.3 Å². The highest BCUT2D eigenvalue weighted by atomic mass is 14.9. The standard InChI is InChI=1S/C14H29N/c1-6-8-13(9-7-2)14(15-5)11-10-12(3)4/h13-15H,3,6-11H2,1-2,4-5H3. The summed E-state index contributed by atoms with van der Waals surface area (Å²) >= 11 is 0. The molecular formula is C14H29N. The molecule has 1 nitrogen and oxygen atoms in total. The Balaban J connectivity index is 4.10. The van der Waals surface area contributed by atoms with Gasteiger partial charge in [-0.25, -0.2) is 0 Å². The highest BCUT2D eigenvalue weighted by Crippen LogP contribution is 2.21. The Labute approximate surface area is 96.3 Å². The van der Waals surface area contributed by atoms with E-state index in [2.05, 4.69) is 39.7 Å².